The molecule has 2 rings (SSSR count). The van der Waals surface area contributed by atoms with Gasteiger partial charge in [0.25, 0.3) is 11.8 Å². The van der Waals surface area contributed by atoms with Crippen molar-refractivity contribution in [1.82, 2.24) is 10.5 Å². The molecule has 0 aromatic carbocycles. The Morgan fingerprint density at radius 3 is 2.67 bits per heavy atom. The molecule has 0 fully saturated rings. The van der Waals surface area contributed by atoms with Gasteiger partial charge in [0.2, 0.25) is 0 Å². The Balaban J connectivity index is 1.87. The van der Waals surface area contributed by atoms with Crippen LogP contribution in [0.4, 0.5) is 0 Å². The summed E-state index contributed by atoms with van der Waals surface area (Å²) >= 11 is 0. The zero-order valence-electron chi connectivity index (χ0n) is 11.3. The van der Waals surface area contributed by atoms with E-state index in [2.05, 4.69) is 5.16 Å². The molecule has 0 aliphatic heterocycles. The number of carbonyl (C=O) groups excluding carboxylic acids is 3. The van der Waals surface area contributed by atoms with E-state index in [9.17, 15) is 14.4 Å². The molecule has 8 heteroatoms. The van der Waals surface area contributed by atoms with E-state index in [-0.39, 0.29) is 11.3 Å². The van der Waals surface area contributed by atoms with Crippen molar-refractivity contribution in [3.05, 3.63) is 41.2 Å². The normalized spacial score (nSPS) is 10.2. The summed E-state index contributed by atoms with van der Waals surface area (Å²) in [4.78, 5) is 34.8. The molecule has 0 saturated heterocycles. The second-order valence-corrected chi connectivity index (χ2v) is 4.13. The average molecular weight is 292 g/mol. The molecule has 0 spiro atoms. The lowest BCUT2D eigenvalue weighted by molar-refractivity contribution is -0.123. The highest BCUT2D eigenvalue weighted by Gasteiger charge is 2.20. The highest BCUT2D eigenvalue weighted by molar-refractivity contribution is 6.04. The van der Waals surface area contributed by atoms with Crippen LogP contribution in [0.1, 0.15) is 32.4 Å². The molecule has 0 unspecified atom stereocenters. The van der Waals surface area contributed by atoms with E-state index in [0.29, 0.717) is 11.5 Å². The SMILES string of the molecule is Cc1noc(C)c1C(=O)OCC(=O)NC(=O)c1ccco1. The van der Waals surface area contributed by atoms with E-state index in [1.54, 1.807) is 13.8 Å². The van der Waals surface area contributed by atoms with Crippen molar-refractivity contribution in [2.45, 2.75) is 13.8 Å². The molecule has 8 nitrogen and oxygen atoms in total. The second kappa shape index (κ2) is 6.04. The number of furan rings is 1. The Hall–Kier alpha value is -2.90. The fourth-order valence-corrected chi connectivity index (χ4v) is 1.61. The summed E-state index contributed by atoms with van der Waals surface area (Å²) in [5, 5.41) is 5.63. The van der Waals surface area contributed by atoms with Gasteiger partial charge in [0, 0.05) is 0 Å². The standard InChI is InChI=1S/C13H12N2O6/c1-7-11(8(2)21-15-7)13(18)20-6-10(16)14-12(17)9-4-3-5-19-9/h3-5H,6H2,1-2H3,(H,14,16,17). The number of rotatable bonds is 4. The largest absolute Gasteiger partial charge is 0.459 e. The molecular formula is C13H12N2O6. The van der Waals surface area contributed by atoms with E-state index in [1.165, 1.54) is 18.4 Å². The Kier molecular flexibility index (Phi) is 4.17. The fraction of sp³-hybridized carbons (Fsp3) is 0.231. The summed E-state index contributed by atoms with van der Waals surface area (Å²) in [6.07, 6.45) is 1.30. The van der Waals surface area contributed by atoms with Gasteiger partial charge >= 0.3 is 5.97 Å². The number of nitrogens with one attached hydrogen (secondary N) is 1. The van der Waals surface area contributed by atoms with Crippen LogP contribution < -0.4 is 5.32 Å². The van der Waals surface area contributed by atoms with Crippen LogP contribution in [0.5, 0.6) is 0 Å². The first-order chi connectivity index (χ1) is 9.99. The van der Waals surface area contributed by atoms with Gasteiger partial charge in [-0.15, -0.1) is 0 Å². The van der Waals surface area contributed by atoms with Gasteiger partial charge in [0.15, 0.2) is 12.4 Å². The zero-order chi connectivity index (χ0) is 15.4. The van der Waals surface area contributed by atoms with Crippen LogP contribution in [0.2, 0.25) is 0 Å². The molecule has 110 valence electrons. The number of nitrogens with zero attached hydrogens (tertiary/aromatic N) is 1. The summed E-state index contributed by atoms with van der Waals surface area (Å²) in [6, 6.07) is 2.91. The molecule has 0 saturated carbocycles. The minimum atomic E-state index is -0.767. The van der Waals surface area contributed by atoms with Crippen LogP contribution in [0.3, 0.4) is 0 Å². The average Bonchev–Trinajstić information content (AvgIpc) is 3.06. The molecule has 0 atom stereocenters. The molecule has 2 heterocycles. The minimum absolute atomic E-state index is 0.0135. The molecule has 2 aromatic heterocycles. The predicted molar refractivity (Wildman–Crippen MR) is 67.4 cm³/mol. The van der Waals surface area contributed by atoms with Crippen molar-refractivity contribution in [1.29, 1.82) is 0 Å². The molecule has 2 amide bonds. The Morgan fingerprint density at radius 2 is 2.10 bits per heavy atom. The maximum Gasteiger partial charge on any atom is 0.344 e. The monoisotopic (exact) mass is 292 g/mol. The maximum absolute atomic E-state index is 11.8. The third kappa shape index (κ3) is 3.35. The number of aryl methyl sites for hydroxylation is 2. The van der Waals surface area contributed by atoms with Crippen molar-refractivity contribution in [2.75, 3.05) is 6.61 Å². The van der Waals surface area contributed by atoms with Crippen LogP contribution in [0, 0.1) is 13.8 Å². The maximum atomic E-state index is 11.8. The van der Waals surface area contributed by atoms with Gasteiger partial charge in [-0.05, 0) is 26.0 Å². The zero-order valence-corrected chi connectivity index (χ0v) is 11.3. The summed E-state index contributed by atoms with van der Waals surface area (Å²) in [7, 11) is 0. The smallest absolute Gasteiger partial charge is 0.344 e. The van der Waals surface area contributed by atoms with Gasteiger partial charge in [-0.1, -0.05) is 5.16 Å². The molecule has 21 heavy (non-hydrogen) atoms. The molecular weight excluding hydrogens is 280 g/mol. The van der Waals surface area contributed by atoms with E-state index in [4.69, 9.17) is 13.7 Å². The molecule has 0 aliphatic rings. The number of carbonyl (C=O) groups is 3. The van der Waals surface area contributed by atoms with Gasteiger partial charge in [-0.3, -0.25) is 14.9 Å². The second-order valence-electron chi connectivity index (χ2n) is 4.13. The lowest BCUT2D eigenvalue weighted by Gasteiger charge is -2.04. The van der Waals surface area contributed by atoms with Crippen molar-refractivity contribution < 1.29 is 28.1 Å². The molecule has 0 bridgehead atoms. The van der Waals surface area contributed by atoms with Crippen molar-refractivity contribution in [3.63, 3.8) is 0 Å². The summed E-state index contributed by atoms with van der Waals surface area (Å²) < 4.78 is 14.4. The lowest BCUT2D eigenvalue weighted by atomic mass is 10.2. The summed E-state index contributed by atoms with van der Waals surface area (Å²) in [5.74, 6) is -1.94. The summed E-state index contributed by atoms with van der Waals surface area (Å²) in [6.45, 7) is 2.53. The predicted octanol–water partition coefficient (Wildman–Crippen LogP) is 0.998. The summed E-state index contributed by atoms with van der Waals surface area (Å²) in [5.41, 5.74) is 0.532. The third-order valence-corrected chi connectivity index (χ3v) is 2.57. The number of aromatic nitrogens is 1. The number of amides is 2. The van der Waals surface area contributed by atoms with Gasteiger partial charge in [0.1, 0.15) is 11.3 Å². The van der Waals surface area contributed by atoms with E-state index in [0.717, 1.165) is 0 Å². The Labute approximate surface area is 119 Å². The van der Waals surface area contributed by atoms with Crippen molar-refractivity contribution >= 4 is 17.8 Å². The third-order valence-electron chi connectivity index (χ3n) is 2.57. The van der Waals surface area contributed by atoms with Crippen molar-refractivity contribution in [2.24, 2.45) is 0 Å². The number of esters is 1. The highest BCUT2D eigenvalue weighted by Crippen LogP contribution is 2.13. The van der Waals surface area contributed by atoms with E-state index < -0.39 is 24.4 Å². The van der Waals surface area contributed by atoms with Gasteiger partial charge in [-0.2, -0.15) is 0 Å². The van der Waals surface area contributed by atoms with Crippen LogP contribution in [-0.4, -0.2) is 29.5 Å². The molecule has 0 radical (unpaired) electrons. The topological polar surface area (TPSA) is 112 Å². The van der Waals surface area contributed by atoms with Crippen molar-refractivity contribution in [3.8, 4) is 0 Å². The van der Waals surface area contributed by atoms with Crippen LogP contribution in [-0.2, 0) is 9.53 Å². The lowest BCUT2D eigenvalue weighted by Crippen LogP contribution is -2.34. The number of ether oxygens (including phenoxy) is 1. The van der Waals surface area contributed by atoms with Crippen LogP contribution in [0.15, 0.2) is 27.3 Å². The Bertz CT molecular complexity index is 651. The van der Waals surface area contributed by atoms with Gasteiger partial charge in [0.05, 0.1) is 12.0 Å². The highest BCUT2D eigenvalue weighted by atomic mass is 16.5. The van der Waals surface area contributed by atoms with E-state index in [1.807, 2.05) is 5.32 Å². The first-order valence-electron chi connectivity index (χ1n) is 5.96. The van der Waals surface area contributed by atoms with E-state index >= 15 is 0 Å². The molecule has 1 N–H and O–H groups in total. The quantitative estimate of drug-likeness (QED) is 0.836. The fourth-order valence-electron chi connectivity index (χ4n) is 1.61. The van der Waals surface area contributed by atoms with Gasteiger partial charge in [-0.25, -0.2) is 4.79 Å². The first-order valence-corrected chi connectivity index (χ1v) is 5.96. The van der Waals surface area contributed by atoms with Crippen LogP contribution in [0.25, 0.3) is 0 Å². The number of hydrogen-bond acceptors (Lipinski definition) is 7. The Morgan fingerprint density at radius 1 is 1.33 bits per heavy atom. The number of hydrogen-bond donors (Lipinski definition) is 1. The van der Waals surface area contributed by atoms with Crippen LogP contribution >= 0.6 is 0 Å². The first kappa shape index (κ1) is 14.5. The molecule has 0 aliphatic carbocycles. The molecule has 2 aromatic rings. The number of imide groups is 1. The minimum Gasteiger partial charge on any atom is -0.459 e. The van der Waals surface area contributed by atoms with Gasteiger partial charge < -0.3 is 13.7 Å².